The molecular formula is C20H39IN6. The van der Waals surface area contributed by atoms with Crippen molar-refractivity contribution in [2.75, 3.05) is 46.3 Å². The number of guanidine groups is 1. The molecule has 1 N–H and O–H groups in total. The van der Waals surface area contributed by atoms with Crippen LogP contribution in [0, 0.1) is 5.92 Å². The van der Waals surface area contributed by atoms with Crippen molar-refractivity contribution in [2.24, 2.45) is 10.9 Å². The molecule has 1 aromatic rings. The summed E-state index contributed by atoms with van der Waals surface area (Å²) in [4.78, 5) is 13.7. The van der Waals surface area contributed by atoms with E-state index < -0.39 is 0 Å². The number of nitrogens with one attached hydrogen (secondary N) is 1. The highest BCUT2D eigenvalue weighted by atomic mass is 127. The Kier molecular flexibility index (Phi) is 12.0. The van der Waals surface area contributed by atoms with Crippen molar-refractivity contribution >= 4 is 29.9 Å². The van der Waals surface area contributed by atoms with Gasteiger partial charge in [-0.1, -0.05) is 20.8 Å². The zero-order chi connectivity index (χ0) is 18.8. The van der Waals surface area contributed by atoms with Gasteiger partial charge in [0.15, 0.2) is 5.96 Å². The average Bonchev–Trinajstić information content (AvgIpc) is 3.17. The van der Waals surface area contributed by atoms with E-state index in [9.17, 15) is 0 Å². The number of imidazole rings is 1. The highest BCUT2D eigenvalue weighted by Crippen LogP contribution is 2.27. The first kappa shape index (κ1) is 24.2. The normalized spacial score (nSPS) is 20.6. The molecule has 1 aliphatic rings. The lowest BCUT2D eigenvalue weighted by molar-refractivity contribution is 0.188. The van der Waals surface area contributed by atoms with Gasteiger partial charge in [-0.25, -0.2) is 4.98 Å². The zero-order valence-corrected chi connectivity index (χ0v) is 19.9. The first-order chi connectivity index (χ1) is 12.7. The number of halogens is 1. The fraction of sp³-hybridized carbons (Fsp3) is 0.800. The third-order valence-corrected chi connectivity index (χ3v) is 5.35. The molecule has 27 heavy (non-hydrogen) atoms. The number of rotatable bonds is 9. The molecule has 7 heteroatoms. The van der Waals surface area contributed by atoms with E-state index in [1.54, 1.807) is 0 Å². The Labute approximate surface area is 182 Å². The summed E-state index contributed by atoms with van der Waals surface area (Å²) < 4.78 is 2.25. The van der Waals surface area contributed by atoms with Crippen LogP contribution >= 0.6 is 24.0 Å². The van der Waals surface area contributed by atoms with Crippen LogP contribution in [-0.4, -0.2) is 71.6 Å². The Bertz CT molecular complexity index is 513. The maximum atomic E-state index is 4.53. The Morgan fingerprint density at radius 1 is 1.26 bits per heavy atom. The van der Waals surface area contributed by atoms with Gasteiger partial charge in [0.2, 0.25) is 0 Å². The van der Waals surface area contributed by atoms with E-state index in [0.717, 1.165) is 32.0 Å². The Morgan fingerprint density at radius 3 is 2.59 bits per heavy atom. The molecule has 0 amide bonds. The van der Waals surface area contributed by atoms with Crippen molar-refractivity contribution < 1.29 is 0 Å². The zero-order valence-electron chi connectivity index (χ0n) is 17.6. The lowest BCUT2D eigenvalue weighted by Gasteiger charge is -2.39. The molecule has 1 saturated heterocycles. The number of likely N-dealkylation sites (tertiary alicyclic amines) is 1. The number of hydrogen-bond donors (Lipinski definition) is 1. The van der Waals surface area contributed by atoms with E-state index >= 15 is 0 Å². The third kappa shape index (κ3) is 7.60. The molecule has 0 aromatic carbocycles. The van der Waals surface area contributed by atoms with Crippen molar-refractivity contribution in [1.29, 1.82) is 0 Å². The number of aliphatic imine (C=N–C) groups is 1. The van der Waals surface area contributed by atoms with E-state index in [0.29, 0.717) is 12.0 Å². The Balaban J connectivity index is 0.00000364. The minimum absolute atomic E-state index is 0. The molecule has 0 radical (unpaired) electrons. The summed E-state index contributed by atoms with van der Waals surface area (Å²) in [5.41, 5.74) is 0. The van der Waals surface area contributed by atoms with Crippen LogP contribution < -0.4 is 5.32 Å². The van der Waals surface area contributed by atoms with E-state index in [4.69, 9.17) is 0 Å². The van der Waals surface area contributed by atoms with Gasteiger partial charge in [0.05, 0.1) is 12.4 Å². The highest BCUT2D eigenvalue weighted by Gasteiger charge is 2.28. The van der Waals surface area contributed by atoms with Crippen molar-refractivity contribution in [3.8, 4) is 0 Å². The van der Waals surface area contributed by atoms with Gasteiger partial charge >= 0.3 is 0 Å². The summed E-state index contributed by atoms with van der Waals surface area (Å²) in [6.45, 7) is 13.5. The van der Waals surface area contributed by atoms with Crippen LogP contribution in [0.5, 0.6) is 0 Å². The van der Waals surface area contributed by atoms with Gasteiger partial charge in [0.1, 0.15) is 0 Å². The second kappa shape index (κ2) is 13.4. The van der Waals surface area contributed by atoms with Gasteiger partial charge in [-0.05, 0) is 51.2 Å². The van der Waals surface area contributed by atoms with Gasteiger partial charge in [0, 0.05) is 39.1 Å². The maximum Gasteiger partial charge on any atom is 0.193 e. The number of piperidine rings is 1. The first-order valence-electron chi connectivity index (χ1n) is 10.3. The largest absolute Gasteiger partial charge is 0.356 e. The monoisotopic (exact) mass is 490 g/mol. The highest BCUT2D eigenvalue weighted by molar-refractivity contribution is 14.0. The molecule has 0 bridgehead atoms. The number of nitrogens with zero attached hydrogens (tertiary/aromatic N) is 5. The van der Waals surface area contributed by atoms with Crippen LogP contribution in [0.4, 0.5) is 0 Å². The molecule has 1 aromatic heterocycles. The van der Waals surface area contributed by atoms with Crippen LogP contribution in [0.2, 0.25) is 0 Å². The minimum atomic E-state index is 0. The van der Waals surface area contributed by atoms with Gasteiger partial charge in [-0.3, -0.25) is 4.99 Å². The Hall–Kier alpha value is -0.830. The fourth-order valence-corrected chi connectivity index (χ4v) is 3.90. The van der Waals surface area contributed by atoms with E-state index in [1.807, 2.05) is 19.6 Å². The minimum Gasteiger partial charge on any atom is -0.356 e. The first-order valence-corrected chi connectivity index (χ1v) is 10.3. The molecule has 0 aliphatic carbocycles. The topological polar surface area (TPSA) is 48.7 Å². The average molecular weight is 490 g/mol. The molecule has 1 fully saturated rings. The molecule has 0 spiro atoms. The summed E-state index contributed by atoms with van der Waals surface area (Å²) in [6.07, 6.45) is 10.7. The van der Waals surface area contributed by atoms with Crippen LogP contribution in [-0.2, 0) is 0 Å². The van der Waals surface area contributed by atoms with Crippen LogP contribution in [0.15, 0.2) is 23.7 Å². The molecule has 0 saturated carbocycles. The quantitative estimate of drug-likeness (QED) is 0.249. The number of aromatic nitrogens is 2. The molecule has 1 aliphatic heterocycles. The van der Waals surface area contributed by atoms with Gasteiger partial charge in [0.25, 0.3) is 0 Å². The predicted molar refractivity (Wildman–Crippen MR) is 125 cm³/mol. The molecule has 2 atom stereocenters. The lowest BCUT2D eigenvalue weighted by Crippen LogP contribution is -2.49. The standard InChI is InChI=1S/C20H38N6.HI/c1-5-11-24(12-6-2)13-7-9-23-20(21-4)25-14-8-18(3)19(16-25)26-15-10-22-17-26;/h10,15,17-19H,5-9,11-14,16H2,1-4H3,(H,21,23);1H. The smallest absolute Gasteiger partial charge is 0.193 e. The molecule has 6 nitrogen and oxygen atoms in total. The second-order valence-corrected chi connectivity index (χ2v) is 7.46. The molecular weight excluding hydrogens is 451 g/mol. The van der Waals surface area contributed by atoms with Gasteiger partial charge in [-0.15, -0.1) is 24.0 Å². The van der Waals surface area contributed by atoms with Crippen LogP contribution in [0.1, 0.15) is 52.5 Å². The lowest BCUT2D eigenvalue weighted by atomic mass is 9.93. The molecule has 2 rings (SSSR count). The van der Waals surface area contributed by atoms with Gasteiger partial charge < -0.3 is 19.7 Å². The molecule has 2 heterocycles. The maximum absolute atomic E-state index is 4.53. The van der Waals surface area contributed by atoms with E-state index in [1.165, 1.54) is 38.9 Å². The molecule has 2 unspecified atom stereocenters. The number of hydrogen-bond acceptors (Lipinski definition) is 3. The summed E-state index contributed by atoms with van der Waals surface area (Å²) in [7, 11) is 1.90. The van der Waals surface area contributed by atoms with E-state index in [-0.39, 0.29) is 24.0 Å². The predicted octanol–water partition coefficient (Wildman–Crippen LogP) is 3.47. The summed E-state index contributed by atoms with van der Waals surface area (Å²) in [6, 6.07) is 0.467. The van der Waals surface area contributed by atoms with Crippen molar-refractivity contribution in [3.63, 3.8) is 0 Å². The Morgan fingerprint density at radius 2 is 2.00 bits per heavy atom. The SMILES string of the molecule is CCCN(CCC)CCCNC(=NC)N1CCC(C)C(n2ccnc2)C1.I. The summed E-state index contributed by atoms with van der Waals surface area (Å²) in [5, 5.41) is 3.58. The second-order valence-electron chi connectivity index (χ2n) is 7.46. The van der Waals surface area contributed by atoms with Crippen LogP contribution in [0.3, 0.4) is 0 Å². The summed E-state index contributed by atoms with van der Waals surface area (Å²) >= 11 is 0. The van der Waals surface area contributed by atoms with Crippen molar-refractivity contribution in [2.45, 2.75) is 52.5 Å². The third-order valence-electron chi connectivity index (χ3n) is 5.35. The fourth-order valence-electron chi connectivity index (χ4n) is 3.90. The van der Waals surface area contributed by atoms with Crippen molar-refractivity contribution in [3.05, 3.63) is 18.7 Å². The van der Waals surface area contributed by atoms with E-state index in [2.05, 4.69) is 56.6 Å². The van der Waals surface area contributed by atoms with Gasteiger partial charge in [-0.2, -0.15) is 0 Å². The van der Waals surface area contributed by atoms with Crippen molar-refractivity contribution in [1.82, 2.24) is 24.7 Å². The van der Waals surface area contributed by atoms with Crippen LogP contribution in [0.25, 0.3) is 0 Å². The molecule has 156 valence electrons. The summed E-state index contributed by atoms with van der Waals surface area (Å²) in [5.74, 6) is 1.70.